The molecule has 0 fully saturated rings. The maximum Gasteiger partial charge on any atom is 0.181 e. The summed E-state index contributed by atoms with van der Waals surface area (Å²) in [5, 5.41) is 6.71. The van der Waals surface area contributed by atoms with Crippen molar-refractivity contribution >= 4 is 19.3 Å². The average molecular weight is 96.9 g/mol. The van der Waals surface area contributed by atoms with E-state index in [1.165, 1.54) is 0 Å². The molecule has 2 N–H and O–H groups in total. The van der Waals surface area contributed by atoms with E-state index in [0.29, 0.717) is 11.4 Å². The zero-order chi connectivity index (χ0) is 5.28. The van der Waals surface area contributed by atoms with E-state index in [1.807, 2.05) is 0 Å². The molecule has 0 aliphatic rings. The third-order valence-corrected chi connectivity index (χ3v) is 0.688. The van der Waals surface area contributed by atoms with E-state index in [0.717, 1.165) is 0 Å². The van der Waals surface area contributed by atoms with Crippen LogP contribution in [0.2, 0.25) is 0 Å². The van der Waals surface area contributed by atoms with Gasteiger partial charge in [0.25, 0.3) is 0 Å². The molecular formula is C2H4BN3O. The van der Waals surface area contributed by atoms with Crippen LogP contribution < -0.4 is 11.3 Å². The van der Waals surface area contributed by atoms with Crippen molar-refractivity contribution in [3.05, 3.63) is 0 Å². The highest BCUT2D eigenvalue weighted by Crippen LogP contribution is 1.80. The molecule has 1 rings (SSSR count). The Morgan fingerprint density at radius 3 is 2.43 bits per heavy atom. The maximum atomic E-state index is 5.17. The lowest BCUT2D eigenvalue weighted by Gasteiger charge is -1.72. The smallest absolute Gasteiger partial charge is 0.181 e. The number of nitrogens with two attached hydrogens (primary N) is 1. The summed E-state index contributed by atoms with van der Waals surface area (Å²) in [6.07, 6.45) is 0. The van der Waals surface area contributed by atoms with Gasteiger partial charge in [0.15, 0.2) is 13.7 Å². The van der Waals surface area contributed by atoms with Gasteiger partial charge in [-0.2, -0.15) is 0 Å². The van der Waals surface area contributed by atoms with Gasteiger partial charge in [-0.25, -0.2) is 4.63 Å². The van der Waals surface area contributed by atoms with E-state index in [4.69, 9.17) is 5.73 Å². The molecule has 0 unspecified atom stereocenters. The van der Waals surface area contributed by atoms with Gasteiger partial charge in [-0.05, 0) is 5.16 Å². The molecule has 0 aliphatic heterocycles. The quantitative estimate of drug-likeness (QED) is 0.377. The lowest BCUT2D eigenvalue weighted by Crippen LogP contribution is -2.08. The van der Waals surface area contributed by atoms with Gasteiger partial charge >= 0.3 is 0 Å². The number of hydrogen-bond donors (Lipinski definition) is 1. The molecule has 0 saturated carbocycles. The molecule has 0 saturated heterocycles. The molecule has 0 aromatic carbocycles. The summed E-state index contributed by atoms with van der Waals surface area (Å²) >= 11 is 0. The third kappa shape index (κ3) is 0.557. The van der Waals surface area contributed by atoms with Crippen molar-refractivity contribution in [2.45, 2.75) is 0 Å². The molecule has 1 heterocycles. The Morgan fingerprint density at radius 2 is 2.29 bits per heavy atom. The van der Waals surface area contributed by atoms with Crippen LogP contribution in [-0.2, 0) is 0 Å². The van der Waals surface area contributed by atoms with E-state index in [2.05, 4.69) is 14.9 Å². The minimum Gasteiger partial charge on any atom is -0.380 e. The van der Waals surface area contributed by atoms with E-state index in [-0.39, 0.29) is 0 Å². The highest BCUT2D eigenvalue weighted by Gasteiger charge is 1.94. The second kappa shape index (κ2) is 1.25. The number of nitrogen functional groups attached to an aromatic ring is 1. The number of rotatable bonds is 0. The first-order valence-corrected chi connectivity index (χ1v) is 1.85. The molecule has 0 bridgehead atoms. The molecule has 0 aliphatic carbocycles. The molecule has 0 spiro atoms. The number of aromatic nitrogens is 2. The molecule has 0 atom stereocenters. The number of nitrogens with zero attached hydrogens (tertiary/aromatic N) is 2. The van der Waals surface area contributed by atoms with E-state index < -0.39 is 0 Å². The summed E-state index contributed by atoms with van der Waals surface area (Å²) in [5.41, 5.74) is 5.81. The Hall–Kier alpha value is -0.995. The van der Waals surface area contributed by atoms with Crippen LogP contribution in [0.15, 0.2) is 4.63 Å². The highest BCUT2D eigenvalue weighted by molar-refractivity contribution is 6.33. The SMILES string of the molecule is Bc1nonc1N. The van der Waals surface area contributed by atoms with Crippen LogP contribution in [0, 0.1) is 0 Å². The first-order valence-electron chi connectivity index (χ1n) is 1.85. The lowest BCUT2D eigenvalue weighted by molar-refractivity contribution is 0.312. The van der Waals surface area contributed by atoms with Crippen LogP contribution in [0.4, 0.5) is 5.82 Å². The second-order valence-electron chi connectivity index (χ2n) is 1.23. The van der Waals surface area contributed by atoms with Crippen molar-refractivity contribution in [3.63, 3.8) is 0 Å². The van der Waals surface area contributed by atoms with Crippen molar-refractivity contribution < 1.29 is 4.63 Å². The topological polar surface area (TPSA) is 64.9 Å². The predicted octanol–water partition coefficient (Wildman–Crippen LogP) is -2.09. The molecule has 0 amide bonds. The van der Waals surface area contributed by atoms with Crippen LogP contribution in [-0.4, -0.2) is 18.2 Å². The molecular weight excluding hydrogens is 92.9 g/mol. The van der Waals surface area contributed by atoms with Crippen LogP contribution in [0.5, 0.6) is 0 Å². The molecule has 36 valence electrons. The minimum atomic E-state index is 0.361. The minimum absolute atomic E-state index is 0.361. The van der Waals surface area contributed by atoms with Crippen LogP contribution >= 0.6 is 0 Å². The first kappa shape index (κ1) is 4.17. The van der Waals surface area contributed by atoms with Gasteiger partial charge in [0.1, 0.15) is 0 Å². The van der Waals surface area contributed by atoms with Gasteiger partial charge in [0.2, 0.25) is 0 Å². The zero-order valence-electron chi connectivity index (χ0n) is 3.88. The summed E-state index contributed by atoms with van der Waals surface area (Å²) in [5.74, 6) is 0.361. The summed E-state index contributed by atoms with van der Waals surface area (Å²) in [4.78, 5) is 0. The fourth-order valence-corrected chi connectivity index (χ4v) is 0.238. The maximum absolute atomic E-state index is 5.17. The number of anilines is 1. The van der Waals surface area contributed by atoms with Gasteiger partial charge in [-0.1, -0.05) is 5.16 Å². The predicted molar refractivity (Wildman–Crippen MR) is 26.9 cm³/mol. The van der Waals surface area contributed by atoms with E-state index >= 15 is 0 Å². The average Bonchev–Trinajstić information content (AvgIpc) is 1.91. The summed E-state index contributed by atoms with van der Waals surface area (Å²) in [6.45, 7) is 0. The Kier molecular flexibility index (Phi) is 0.747. The van der Waals surface area contributed by atoms with Crippen LogP contribution in [0.25, 0.3) is 0 Å². The van der Waals surface area contributed by atoms with Crippen molar-refractivity contribution in [2.24, 2.45) is 0 Å². The molecule has 5 heteroatoms. The van der Waals surface area contributed by atoms with Crippen LogP contribution in [0.1, 0.15) is 0 Å². The van der Waals surface area contributed by atoms with Gasteiger partial charge < -0.3 is 5.73 Å². The molecule has 4 nitrogen and oxygen atoms in total. The normalized spacial score (nSPS) is 9.14. The summed E-state index contributed by atoms with van der Waals surface area (Å²) in [6, 6.07) is 0. The zero-order valence-corrected chi connectivity index (χ0v) is 3.88. The molecule has 1 aromatic heterocycles. The van der Waals surface area contributed by atoms with Crippen molar-refractivity contribution in [2.75, 3.05) is 5.73 Å². The van der Waals surface area contributed by atoms with Crippen molar-refractivity contribution in [3.8, 4) is 0 Å². The monoisotopic (exact) mass is 97.0 g/mol. The Bertz CT molecular complexity index is 145. The number of hydrogen-bond acceptors (Lipinski definition) is 4. The highest BCUT2D eigenvalue weighted by atomic mass is 16.6. The third-order valence-electron chi connectivity index (χ3n) is 0.688. The van der Waals surface area contributed by atoms with Gasteiger partial charge in [0.05, 0.1) is 5.59 Å². The molecule has 0 radical (unpaired) electrons. The van der Waals surface area contributed by atoms with E-state index in [1.54, 1.807) is 7.85 Å². The Balaban J connectivity index is 3.12. The Morgan fingerprint density at radius 1 is 1.57 bits per heavy atom. The molecule has 1 aromatic rings. The molecule has 7 heavy (non-hydrogen) atoms. The largest absolute Gasteiger partial charge is 0.380 e. The van der Waals surface area contributed by atoms with Gasteiger partial charge in [0, 0.05) is 0 Å². The van der Waals surface area contributed by atoms with Gasteiger partial charge in [-0.15, -0.1) is 0 Å². The standard InChI is InChI=1S/C2H4BN3O/c3-1-2(4)6-7-5-1/h3H2,(H2,4,6). The first-order chi connectivity index (χ1) is 3.30. The van der Waals surface area contributed by atoms with Crippen molar-refractivity contribution in [1.29, 1.82) is 0 Å². The van der Waals surface area contributed by atoms with Crippen LogP contribution in [0.3, 0.4) is 0 Å². The van der Waals surface area contributed by atoms with E-state index in [9.17, 15) is 0 Å². The fraction of sp³-hybridized carbons (Fsp3) is 0. The Labute approximate surface area is 41.1 Å². The summed E-state index contributed by atoms with van der Waals surface area (Å²) in [7, 11) is 1.73. The van der Waals surface area contributed by atoms with Gasteiger partial charge in [-0.3, -0.25) is 0 Å². The lowest BCUT2D eigenvalue weighted by atomic mass is 10.1. The second-order valence-corrected chi connectivity index (χ2v) is 1.23. The fourth-order valence-electron chi connectivity index (χ4n) is 0.238. The van der Waals surface area contributed by atoms with Crippen molar-refractivity contribution in [1.82, 2.24) is 10.3 Å². The summed E-state index contributed by atoms with van der Waals surface area (Å²) < 4.78 is 4.22.